The lowest BCUT2D eigenvalue weighted by molar-refractivity contribution is 0.484. The van der Waals surface area contributed by atoms with Crippen molar-refractivity contribution in [3.63, 3.8) is 0 Å². The number of ether oxygens (including phenoxy) is 1. The molecule has 3 heteroatoms. The maximum atomic E-state index is 6.47. The molecule has 264 valence electrons. The molecule has 0 radical (unpaired) electrons. The molecule has 0 aliphatic carbocycles. The Hall–Kier alpha value is -7.36. The summed E-state index contributed by atoms with van der Waals surface area (Å²) < 4.78 is 8.88. The number of rotatable bonds is 6. The van der Waals surface area contributed by atoms with Crippen molar-refractivity contribution in [3.05, 3.63) is 200 Å². The fourth-order valence-electron chi connectivity index (χ4n) is 8.58. The highest BCUT2D eigenvalue weighted by Crippen LogP contribution is 2.41. The van der Waals surface area contributed by atoms with Gasteiger partial charge in [0.15, 0.2) is 0 Å². The van der Waals surface area contributed by atoms with Crippen LogP contribution in [-0.2, 0) is 0 Å². The van der Waals surface area contributed by atoms with Crippen LogP contribution in [0, 0.1) is 6.92 Å². The second kappa shape index (κ2) is 12.9. The predicted octanol–water partition coefficient (Wildman–Crippen LogP) is 14.7. The van der Waals surface area contributed by atoms with Crippen LogP contribution in [0.1, 0.15) is 5.56 Å². The summed E-state index contributed by atoms with van der Waals surface area (Å²) in [7, 11) is 0. The van der Waals surface area contributed by atoms with Crippen LogP contribution in [0.15, 0.2) is 194 Å². The van der Waals surface area contributed by atoms with Gasteiger partial charge in [-0.1, -0.05) is 127 Å². The number of fused-ring (bicyclic) bond motifs is 7. The lowest BCUT2D eigenvalue weighted by atomic mass is 9.95. The molecule has 0 fully saturated rings. The van der Waals surface area contributed by atoms with Crippen molar-refractivity contribution >= 4 is 54.4 Å². The number of para-hydroxylation sites is 4. The van der Waals surface area contributed by atoms with Gasteiger partial charge in [-0.2, -0.15) is 0 Å². The maximum Gasteiger partial charge on any atom is 0.135 e. The first-order chi connectivity index (χ1) is 27.7. The molecular weight excluding hydrogens is 681 g/mol. The van der Waals surface area contributed by atoms with E-state index in [1.54, 1.807) is 0 Å². The third-order valence-corrected chi connectivity index (χ3v) is 11.3. The molecule has 0 atom stereocenters. The van der Waals surface area contributed by atoms with Crippen LogP contribution in [0.2, 0.25) is 0 Å². The number of nitrogens with zero attached hydrogens (tertiary/aromatic N) is 1. The first-order valence-electron chi connectivity index (χ1n) is 19.2. The summed E-state index contributed by atoms with van der Waals surface area (Å²) in [6, 6.07) is 69.5. The summed E-state index contributed by atoms with van der Waals surface area (Å²) in [4.78, 5) is 3.68. The van der Waals surface area contributed by atoms with Gasteiger partial charge in [0.2, 0.25) is 0 Å². The zero-order chi connectivity index (χ0) is 37.2. The minimum Gasteiger partial charge on any atom is -0.457 e. The van der Waals surface area contributed by atoms with E-state index in [4.69, 9.17) is 4.74 Å². The van der Waals surface area contributed by atoms with Crippen molar-refractivity contribution in [1.29, 1.82) is 0 Å². The number of H-pyrrole nitrogens is 1. The third kappa shape index (κ3) is 5.28. The minimum absolute atomic E-state index is 0.821. The highest BCUT2D eigenvalue weighted by molar-refractivity contribution is 6.13. The maximum absolute atomic E-state index is 6.47. The fourth-order valence-corrected chi connectivity index (χ4v) is 8.58. The second-order valence-corrected chi connectivity index (χ2v) is 14.7. The molecule has 0 aliphatic rings. The van der Waals surface area contributed by atoms with E-state index >= 15 is 0 Å². The summed E-state index contributed by atoms with van der Waals surface area (Å²) in [6.45, 7) is 2.16. The van der Waals surface area contributed by atoms with Crippen LogP contribution >= 0.6 is 0 Å². The van der Waals surface area contributed by atoms with Crippen LogP contribution < -0.4 is 4.74 Å². The van der Waals surface area contributed by atoms with Gasteiger partial charge in [-0.05, 0) is 112 Å². The molecular formula is C53H36N2O. The summed E-state index contributed by atoms with van der Waals surface area (Å²) in [6.07, 6.45) is 0. The molecule has 0 unspecified atom stereocenters. The number of benzene rings is 9. The van der Waals surface area contributed by atoms with Gasteiger partial charge in [0.25, 0.3) is 0 Å². The Kier molecular flexibility index (Phi) is 7.39. The molecule has 11 rings (SSSR count). The molecule has 0 saturated heterocycles. The molecule has 2 aromatic heterocycles. The molecule has 9 aromatic carbocycles. The first kappa shape index (κ1) is 32.1. The van der Waals surface area contributed by atoms with E-state index in [9.17, 15) is 0 Å². The van der Waals surface area contributed by atoms with E-state index in [1.807, 2.05) is 30.3 Å². The van der Waals surface area contributed by atoms with Crippen LogP contribution in [0.5, 0.6) is 11.5 Å². The number of hydrogen-bond donors (Lipinski definition) is 1. The molecule has 0 saturated carbocycles. The Morgan fingerprint density at radius 3 is 2.02 bits per heavy atom. The Balaban J connectivity index is 1.00. The van der Waals surface area contributed by atoms with Gasteiger partial charge >= 0.3 is 0 Å². The van der Waals surface area contributed by atoms with E-state index < -0.39 is 0 Å². The second-order valence-electron chi connectivity index (χ2n) is 14.7. The van der Waals surface area contributed by atoms with Crippen molar-refractivity contribution in [2.75, 3.05) is 0 Å². The number of aryl methyl sites for hydroxylation is 1. The van der Waals surface area contributed by atoms with Crippen molar-refractivity contribution in [3.8, 4) is 50.6 Å². The molecule has 0 bridgehead atoms. The Labute approximate surface area is 324 Å². The summed E-state index contributed by atoms with van der Waals surface area (Å²) >= 11 is 0. The van der Waals surface area contributed by atoms with Gasteiger partial charge in [0.05, 0.1) is 16.6 Å². The standard InChI is InChI=1S/C53H36N2O/c1-34-12-5-6-15-42(34)48-33-38(26-29-52(48)56-41-13-3-2-4-14-41)37-25-28-51-47(32-37)45-17-8-10-21-50(45)55(51)40-27-24-35-30-39(23-22-36(35)31-40)43-18-11-19-46-44-16-7-9-20-49(44)54-53(43)46/h2-33,54H,1H3. The highest BCUT2D eigenvalue weighted by Gasteiger charge is 2.17. The zero-order valence-corrected chi connectivity index (χ0v) is 30.8. The van der Waals surface area contributed by atoms with Gasteiger partial charge < -0.3 is 14.3 Å². The van der Waals surface area contributed by atoms with Crippen LogP contribution in [0.3, 0.4) is 0 Å². The van der Waals surface area contributed by atoms with Gasteiger partial charge in [-0.15, -0.1) is 0 Å². The summed E-state index contributed by atoms with van der Waals surface area (Å²) in [5.41, 5.74) is 14.0. The van der Waals surface area contributed by atoms with Gasteiger partial charge in [-0.3, -0.25) is 0 Å². The Morgan fingerprint density at radius 1 is 0.429 bits per heavy atom. The molecule has 56 heavy (non-hydrogen) atoms. The molecule has 11 aromatic rings. The van der Waals surface area contributed by atoms with Crippen LogP contribution in [0.4, 0.5) is 0 Å². The average molecular weight is 717 g/mol. The van der Waals surface area contributed by atoms with Gasteiger partial charge in [0, 0.05) is 43.9 Å². The fraction of sp³-hybridized carbons (Fsp3) is 0.0189. The average Bonchev–Trinajstić information content (AvgIpc) is 3.80. The number of aromatic nitrogens is 2. The SMILES string of the molecule is Cc1ccccc1-c1cc(-c2ccc3c(c2)c2ccccc2n3-c2ccc3cc(-c4cccc5c4[nH]c4ccccc45)ccc3c2)ccc1Oc1ccccc1. The Morgan fingerprint density at radius 2 is 1.11 bits per heavy atom. The Bertz CT molecular complexity index is 3290. The normalized spacial score (nSPS) is 11.7. The van der Waals surface area contributed by atoms with E-state index in [0.717, 1.165) is 45.0 Å². The molecule has 1 N–H and O–H groups in total. The lowest BCUT2D eigenvalue weighted by Crippen LogP contribution is -1.94. The predicted molar refractivity (Wildman–Crippen MR) is 235 cm³/mol. The van der Waals surface area contributed by atoms with Crippen molar-refractivity contribution < 1.29 is 4.74 Å². The molecule has 0 spiro atoms. The largest absolute Gasteiger partial charge is 0.457 e. The van der Waals surface area contributed by atoms with Crippen molar-refractivity contribution in [1.82, 2.24) is 9.55 Å². The van der Waals surface area contributed by atoms with Crippen molar-refractivity contribution in [2.24, 2.45) is 0 Å². The summed E-state index contributed by atoms with van der Waals surface area (Å²) in [5.74, 6) is 1.66. The smallest absolute Gasteiger partial charge is 0.135 e. The monoisotopic (exact) mass is 716 g/mol. The highest BCUT2D eigenvalue weighted by atomic mass is 16.5. The van der Waals surface area contributed by atoms with E-state index in [0.29, 0.717) is 0 Å². The van der Waals surface area contributed by atoms with E-state index in [-0.39, 0.29) is 0 Å². The third-order valence-electron chi connectivity index (χ3n) is 11.3. The minimum atomic E-state index is 0.821. The number of hydrogen-bond acceptors (Lipinski definition) is 1. The van der Waals surface area contributed by atoms with Crippen LogP contribution in [-0.4, -0.2) is 9.55 Å². The van der Waals surface area contributed by atoms with Gasteiger partial charge in [0.1, 0.15) is 11.5 Å². The quantitative estimate of drug-likeness (QED) is 0.182. The molecule has 0 amide bonds. The van der Waals surface area contributed by atoms with E-state index in [1.165, 1.54) is 65.6 Å². The molecule has 2 heterocycles. The topological polar surface area (TPSA) is 29.9 Å². The first-order valence-corrected chi connectivity index (χ1v) is 19.2. The molecule has 3 nitrogen and oxygen atoms in total. The lowest BCUT2D eigenvalue weighted by Gasteiger charge is -2.15. The summed E-state index contributed by atoms with van der Waals surface area (Å²) in [5, 5.41) is 7.39. The van der Waals surface area contributed by atoms with Crippen molar-refractivity contribution in [2.45, 2.75) is 6.92 Å². The molecule has 0 aliphatic heterocycles. The van der Waals surface area contributed by atoms with E-state index in [2.05, 4.69) is 180 Å². The number of nitrogens with one attached hydrogen (secondary N) is 1. The zero-order valence-electron chi connectivity index (χ0n) is 30.8. The van der Waals surface area contributed by atoms with Gasteiger partial charge in [-0.25, -0.2) is 0 Å². The van der Waals surface area contributed by atoms with Crippen LogP contribution in [0.25, 0.3) is 93.5 Å². The number of aromatic amines is 1.